The molecule has 0 aliphatic carbocycles. The molecule has 1 rings (SSSR count). The lowest BCUT2D eigenvalue weighted by molar-refractivity contribution is -0.118. The molecule has 0 radical (unpaired) electrons. The molecule has 0 aliphatic heterocycles. The van der Waals surface area contributed by atoms with Gasteiger partial charge in [0, 0.05) is 12.5 Å². The fourth-order valence-corrected chi connectivity index (χ4v) is 1.50. The van der Waals surface area contributed by atoms with Crippen molar-refractivity contribution >= 4 is 5.91 Å². The third kappa shape index (κ3) is 4.31. The number of primary amides is 1. The van der Waals surface area contributed by atoms with Gasteiger partial charge in [0.15, 0.2) is 0 Å². The second kappa shape index (κ2) is 6.12. The maximum atomic E-state index is 10.6. The average Bonchev–Trinajstić information content (AvgIpc) is 2.26. The van der Waals surface area contributed by atoms with Crippen molar-refractivity contribution in [2.45, 2.75) is 25.3 Å². The summed E-state index contributed by atoms with van der Waals surface area (Å²) in [6.07, 6.45) is 1.85. The maximum Gasteiger partial charge on any atom is 0.218 e. The molecule has 0 bridgehead atoms. The fraction of sp³-hybridized carbons (Fsp3) is 0.417. The Hall–Kier alpha value is -1.55. The van der Waals surface area contributed by atoms with Crippen LogP contribution >= 0.6 is 0 Å². The molecule has 0 aromatic heterocycles. The van der Waals surface area contributed by atoms with E-state index in [9.17, 15) is 4.79 Å². The summed E-state index contributed by atoms with van der Waals surface area (Å²) in [5.41, 5.74) is 12.0. The number of methoxy groups -OCH3 is 1. The molecule has 0 spiro atoms. The zero-order valence-corrected chi connectivity index (χ0v) is 9.48. The normalized spacial score (nSPS) is 12.1. The largest absolute Gasteiger partial charge is 0.497 e. The van der Waals surface area contributed by atoms with Gasteiger partial charge in [-0.2, -0.15) is 0 Å². The molecule has 16 heavy (non-hydrogen) atoms. The van der Waals surface area contributed by atoms with Crippen LogP contribution in [0.4, 0.5) is 0 Å². The van der Waals surface area contributed by atoms with Crippen molar-refractivity contribution in [2.75, 3.05) is 7.11 Å². The van der Waals surface area contributed by atoms with E-state index in [2.05, 4.69) is 0 Å². The van der Waals surface area contributed by atoms with Crippen LogP contribution < -0.4 is 16.2 Å². The lowest BCUT2D eigenvalue weighted by Gasteiger charge is -2.09. The highest BCUT2D eigenvalue weighted by atomic mass is 16.5. The minimum absolute atomic E-state index is 0.153. The Morgan fingerprint density at radius 1 is 1.38 bits per heavy atom. The van der Waals surface area contributed by atoms with Crippen LogP contribution in [0.3, 0.4) is 0 Å². The summed E-state index contributed by atoms with van der Waals surface area (Å²) in [6, 6.07) is 7.66. The number of nitrogens with two attached hydrogens (primary N) is 2. The van der Waals surface area contributed by atoms with Crippen molar-refractivity contribution in [1.82, 2.24) is 0 Å². The molecule has 0 aliphatic rings. The van der Waals surface area contributed by atoms with E-state index in [1.54, 1.807) is 7.11 Å². The molecule has 0 fully saturated rings. The van der Waals surface area contributed by atoms with Crippen LogP contribution in [0.2, 0.25) is 0 Å². The van der Waals surface area contributed by atoms with E-state index in [1.807, 2.05) is 24.3 Å². The highest BCUT2D eigenvalue weighted by Crippen LogP contribution is 2.13. The summed E-state index contributed by atoms with van der Waals surface area (Å²) in [5, 5.41) is 0. The van der Waals surface area contributed by atoms with Crippen molar-refractivity contribution in [3.63, 3.8) is 0 Å². The van der Waals surface area contributed by atoms with Crippen LogP contribution in [0.1, 0.15) is 18.4 Å². The summed E-state index contributed by atoms with van der Waals surface area (Å²) in [6.45, 7) is 0. The molecule has 4 nitrogen and oxygen atoms in total. The van der Waals surface area contributed by atoms with Crippen LogP contribution in [0.15, 0.2) is 24.3 Å². The second-order valence-electron chi connectivity index (χ2n) is 3.82. The number of ether oxygens (including phenoxy) is 1. The number of benzene rings is 1. The number of hydrogen-bond acceptors (Lipinski definition) is 3. The van der Waals surface area contributed by atoms with E-state index >= 15 is 0 Å². The average molecular weight is 222 g/mol. The number of hydrogen-bond donors (Lipinski definition) is 2. The standard InChI is InChI=1S/C12H18N2O2/c1-16-11-6-3-9(4-7-11)2-5-10(13)8-12(14)15/h3-4,6-7,10H,2,5,8,13H2,1H3,(H2,14,15). The summed E-state index contributed by atoms with van der Waals surface area (Å²) < 4.78 is 5.06. The van der Waals surface area contributed by atoms with Gasteiger partial charge in [0.2, 0.25) is 5.91 Å². The highest BCUT2D eigenvalue weighted by molar-refractivity contribution is 5.74. The molecule has 4 N–H and O–H groups in total. The lowest BCUT2D eigenvalue weighted by Crippen LogP contribution is -2.27. The van der Waals surface area contributed by atoms with E-state index in [0.717, 1.165) is 18.6 Å². The molecular formula is C12H18N2O2. The first-order valence-electron chi connectivity index (χ1n) is 5.28. The monoisotopic (exact) mass is 222 g/mol. The first-order valence-corrected chi connectivity index (χ1v) is 5.28. The van der Waals surface area contributed by atoms with Gasteiger partial charge >= 0.3 is 0 Å². The Morgan fingerprint density at radius 3 is 2.50 bits per heavy atom. The Balaban J connectivity index is 2.39. The SMILES string of the molecule is COc1ccc(CCC(N)CC(N)=O)cc1. The molecule has 0 heterocycles. The van der Waals surface area contributed by atoms with Gasteiger partial charge in [-0.15, -0.1) is 0 Å². The van der Waals surface area contributed by atoms with Crippen LogP contribution in [-0.4, -0.2) is 19.1 Å². The molecule has 88 valence electrons. The molecule has 1 unspecified atom stereocenters. The van der Waals surface area contributed by atoms with Crippen molar-refractivity contribution in [2.24, 2.45) is 11.5 Å². The van der Waals surface area contributed by atoms with E-state index in [0.29, 0.717) is 0 Å². The Morgan fingerprint density at radius 2 is 2.00 bits per heavy atom. The molecule has 1 aromatic rings. The van der Waals surface area contributed by atoms with Crippen LogP contribution in [0.5, 0.6) is 5.75 Å². The highest BCUT2D eigenvalue weighted by Gasteiger charge is 2.06. The Kier molecular flexibility index (Phi) is 4.79. The first-order chi connectivity index (χ1) is 7.61. The van der Waals surface area contributed by atoms with Crippen LogP contribution in [-0.2, 0) is 11.2 Å². The van der Waals surface area contributed by atoms with Gasteiger partial charge in [0.25, 0.3) is 0 Å². The lowest BCUT2D eigenvalue weighted by atomic mass is 10.0. The molecule has 0 saturated carbocycles. The van der Waals surface area contributed by atoms with Gasteiger partial charge < -0.3 is 16.2 Å². The Labute approximate surface area is 95.6 Å². The van der Waals surface area contributed by atoms with E-state index in [-0.39, 0.29) is 18.4 Å². The molecule has 1 atom stereocenters. The summed E-state index contributed by atoms with van der Waals surface area (Å²) >= 11 is 0. The minimum Gasteiger partial charge on any atom is -0.497 e. The van der Waals surface area contributed by atoms with Gasteiger partial charge in [-0.1, -0.05) is 12.1 Å². The molecule has 0 saturated heterocycles. The summed E-state index contributed by atoms with van der Waals surface area (Å²) in [5.74, 6) is 0.493. The van der Waals surface area contributed by atoms with Gasteiger partial charge in [-0.05, 0) is 30.5 Å². The number of carbonyl (C=O) groups excluding carboxylic acids is 1. The summed E-state index contributed by atoms with van der Waals surface area (Å²) in [4.78, 5) is 10.6. The van der Waals surface area contributed by atoms with E-state index in [1.165, 1.54) is 5.56 Å². The Bertz CT molecular complexity index is 335. The van der Waals surface area contributed by atoms with E-state index < -0.39 is 0 Å². The third-order valence-corrected chi connectivity index (χ3v) is 2.43. The van der Waals surface area contributed by atoms with Crippen LogP contribution in [0, 0.1) is 0 Å². The zero-order valence-electron chi connectivity index (χ0n) is 9.48. The number of carbonyl (C=O) groups is 1. The predicted octanol–water partition coefficient (Wildman–Crippen LogP) is 0.831. The van der Waals surface area contributed by atoms with Crippen LogP contribution in [0.25, 0.3) is 0 Å². The molecule has 1 aromatic carbocycles. The predicted molar refractivity (Wildman–Crippen MR) is 63.1 cm³/mol. The molecule has 4 heteroatoms. The van der Waals surface area contributed by atoms with Gasteiger partial charge in [-0.3, -0.25) is 4.79 Å². The quantitative estimate of drug-likeness (QED) is 0.748. The molecule has 1 amide bonds. The van der Waals surface area contributed by atoms with Gasteiger partial charge in [0.05, 0.1) is 7.11 Å². The van der Waals surface area contributed by atoms with Gasteiger partial charge in [-0.25, -0.2) is 0 Å². The molecular weight excluding hydrogens is 204 g/mol. The fourth-order valence-electron chi connectivity index (χ4n) is 1.50. The van der Waals surface area contributed by atoms with Crippen molar-refractivity contribution in [1.29, 1.82) is 0 Å². The van der Waals surface area contributed by atoms with E-state index in [4.69, 9.17) is 16.2 Å². The summed E-state index contributed by atoms with van der Waals surface area (Å²) in [7, 11) is 1.64. The maximum absolute atomic E-state index is 10.6. The smallest absolute Gasteiger partial charge is 0.218 e. The van der Waals surface area contributed by atoms with Gasteiger partial charge in [0.1, 0.15) is 5.75 Å². The van der Waals surface area contributed by atoms with Crippen molar-refractivity contribution in [3.05, 3.63) is 29.8 Å². The zero-order chi connectivity index (χ0) is 12.0. The first kappa shape index (κ1) is 12.5. The third-order valence-electron chi connectivity index (χ3n) is 2.43. The number of amides is 1. The number of aryl methyl sites for hydroxylation is 1. The second-order valence-corrected chi connectivity index (χ2v) is 3.82. The van der Waals surface area contributed by atoms with Crippen molar-refractivity contribution in [3.8, 4) is 5.75 Å². The topological polar surface area (TPSA) is 78.3 Å². The minimum atomic E-state index is -0.345. The van der Waals surface area contributed by atoms with Crippen molar-refractivity contribution < 1.29 is 9.53 Å². The number of rotatable bonds is 6.